The fraction of sp³-hybridized carbons (Fsp3) is 0.483. The van der Waals surface area contributed by atoms with Gasteiger partial charge in [-0.15, -0.1) is 10.2 Å². The van der Waals surface area contributed by atoms with Gasteiger partial charge in [-0.25, -0.2) is 0 Å². The summed E-state index contributed by atoms with van der Waals surface area (Å²) < 4.78 is 42.2. The van der Waals surface area contributed by atoms with Crippen LogP contribution in [0.2, 0.25) is 0 Å². The maximum absolute atomic E-state index is 13.5. The van der Waals surface area contributed by atoms with Crippen LogP contribution in [0.25, 0.3) is 0 Å². The SMILES string of the molecule is CC(=O)Nc1cc(NC(=O)c2cc(CNCC(C)C)cn(CC(F)(F)F)c2=O)cc(C2(c3nncn3C)CC(C)C2)c1. The molecule has 226 valence electrons. The van der Waals surface area contributed by atoms with Crippen LogP contribution in [0.15, 0.2) is 41.6 Å². The van der Waals surface area contributed by atoms with E-state index >= 15 is 0 Å². The number of nitrogens with one attached hydrogen (secondary N) is 3. The molecule has 2 amide bonds. The Labute approximate surface area is 241 Å². The van der Waals surface area contributed by atoms with Gasteiger partial charge in [0.2, 0.25) is 5.91 Å². The van der Waals surface area contributed by atoms with Gasteiger partial charge in [0.25, 0.3) is 11.5 Å². The molecule has 0 aliphatic heterocycles. The summed E-state index contributed by atoms with van der Waals surface area (Å²) in [7, 11) is 1.84. The summed E-state index contributed by atoms with van der Waals surface area (Å²) in [4.78, 5) is 38.4. The second kappa shape index (κ2) is 12.1. The van der Waals surface area contributed by atoms with Crippen LogP contribution in [0.3, 0.4) is 0 Å². The van der Waals surface area contributed by atoms with Gasteiger partial charge in [-0.1, -0.05) is 20.8 Å². The minimum Gasteiger partial charge on any atom is -0.326 e. The Morgan fingerprint density at radius 1 is 1.12 bits per heavy atom. The standard InChI is InChI=1S/C29H36F3N7O3/c1-17(2)12-33-13-20-6-24(26(42)39(14-20)15-29(30,31)32)25(41)36-23-8-21(7-22(9-23)35-19(4)40)28(10-18(3)11-28)27-37-34-16-38(27)5/h6-9,14,16-18,33H,10-13,15H2,1-5H3,(H,35,40)(H,36,41). The summed E-state index contributed by atoms with van der Waals surface area (Å²) >= 11 is 0. The first-order chi connectivity index (χ1) is 19.7. The van der Waals surface area contributed by atoms with E-state index in [9.17, 15) is 27.6 Å². The third kappa shape index (κ3) is 7.07. The van der Waals surface area contributed by atoms with Crippen LogP contribution in [0.5, 0.6) is 0 Å². The van der Waals surface area contributed by atoms with Crippen molar-refractivity contribution in [3.8, 4) is 0 Å². The molecule has 0 bridgehead atoms. The number of hydrogen-bond donors (Lipinski definition) is 3. The van der Waals surface area contributed by atoms with Gasteiger partial charge in [0.05, 0.1) is 5.41 Å². The topological polar surface area (TPSA) is 123 Å². The van der Waals surface area contributed by atoms with Crippen LogP contribution in [-0.2, 0) is 30.3 Å². The number of aryl methyl sites for hydroxylation is 1. The van der Waals surface area contributed by atoms with E-state index in [1.165, 1.54) is 19.1 Å². The van der Waals surface area contributed by atoms with E-state index in [-0.39, 0.29) is 18.1 Å². The summed E-state index contributed by atoms with van der Waals surface area (Å²) in [5.41, 5.74) is -0.180. The first-order valence-electron chi connectivity index (χ1n) is 13.8. The number of pyridine rings is 1. The largest absolute Gasteiger partial charge is 0.406 e. The average Bonchev–Trinajstić information content (AvgIpc) is 3.27. The summed E-state index contributed by atoms with van der Waals surface area (Å²) in [6, 6.07) is 6.41. The van der Waals surface area contributed by atoms with Gasteiger partial charge in [0.1, 0.15) is 24.3 Å². The van der Waals surface area contributed by atoms with Crippen LogP contribution in [0.4, 0.5) is 24.5 Å². The highest BCUT2D eigenvalue weighted by atomic mass is 19.4. The predicted molar refractivity (Wildman–Crippen MR) is 152 cm³/mol. The molecule has 0 saturated heterocycles. The van der Waals surface area contributed by atoms with E-state index in [0.717, 1.165) is 30.4 Å². The Balaban J connectivity index is 1.73. The van der Waals surface area contributed by atoms with Crippen LogP contribution in [0.1, 0.15) is 67.8 Å². The molecule has 0 unspecified atom stereocenters. The van der Waals surface area contributed by atoms with Gasteiger partial charge in [0.15, 0.2) is 0 Å². The molecule has 2 heterocycles. The predicted octanol–water partition coefficient (Wildman–Crippen LogP) is 4.21. The lowest BCUT2D eigenvalue weighted by molar-refractivity contribution is -0.141. The number of halogens is 3. The Morgan fingerprint density at radius 2 is 1.79 bits per heavy atom. The summed E-state index contributed by atoms with van der Waals surface area (Å²) in [5.74, 6) is 0.234. The van der Waals surface area contributed by atoms with Gasteiger partial charge in [-0.05, 0) is 66.6 Å². The van der Waals surface area contributed by atoms with E-state index in [1.807, 2.05) is 31.5 Å². The third-order valence-electron chi connectivity index (χ3n) is 7.22. The van der Waals surface area contributed by atoms with Crippen molar-refractivity contribution >= 4 is 23.2 Å². The fourth-order valence-corrected chi connectivity index (χ4v) is 5.62. The average molecular weight is 588 g/mol. The molecule has 10 nitrogen and oxygen atoms in total. The molecular weight excluding hydrogens is 551 g/mol. The van der Waals surface area contributed by atoms with Crippen LogP contribution in [0, 0.1) is 11.8 Å². The number of carbonyl (C=O) groups is 2. The molecule has 13 heteroatoms. The van der Waals surface area contributed by atoms with Gasteiger partial charge in [0, 0.05) is 38.1 Å². The number of nitrogens with zero attached hydrogens (tertiary/aromatic N) is 4. The second-order valence-corrected chi connectivity index (χ2v) is 11.6. The van der Waals surface area contributed by atoms with Crippen molar-refractivity contribution in [1.29, 1.82) is 0 Å². The normalized spacial score (nSPS) is 18.5. The Hall–Kier alpha value is -4.00. The van der Waals surface area contributed by atoms with Crippen molar-refractivity contribution in [2.75, 3.05) is 17.2 Å². The molecule has 1 fully saturated rings. The number of hydrogen-bond acceptors (Lipinski definition) is 6. The first kappa shape index (κ1) is 30.9. The lowest BCUT2D eigenvalue weighted by Gasteiger charge is -2.46. The number of rotatable bonds is 10. The van der Waals surface area contributed by atoms with Crippen molar-refractivity contribution in [3.05, 3.63) is 69.7 Å². The van der Waals surface area contributed by atoms with Crippen molar-refractivity contribution in [2.45, 2.75) is 65.2 Å². The lowest BCUT2D eigenvalue weighted by Crippen LogP contribution is -2.43. The second-order valence-electron chi connectivity index (χ2n) is 11.6. The summed E-state index contributed by atoms with van der Waals surface area (Å²) in [6.45, 7) is 6.70. The van der Waals surface area contributed by atoms with Crippen LogP contribution < -0.4 is 21.5 Å². The minimum atomic E-state index is -4.66. The molecule has 0 atom stereocenters. The molecule has 2 aromatic heterocycles. The van der Waals surface area contributed by atoms with Crippen molar-refractivity contribution in [2.24, 2.45) is 18.9 Å². The number of anilines is 2. The quantitative estimate of drug-likeness (QED) is 0.327. The zero-order valence-corrected chi connectivity index (χ0v) is 24.3. The number of aromatic nitrogens is 4. The van der Waals surface area contributed by atoms with Gasteiger partial charge < -0.3 is 25.1 Å². The van der Waals surface area contributed by atoms with E-state index < -0.39 is 35.2 Å². The number of amides is 2. The summed E-state index contributed by atoms with van der Waals surface area (Å²) in [5, 5.41) is 16.9. The Morgan fingerprint density at radius 3 is 2.33 bits per heavy atom. The maximum atomic E-state index is 13.5. The van der Waals surface area contributed by atoms with Gasteiger partial charge >= 0.3 is 6.18 Å². The smallest absolute Gasteiger partial charge is 0.326 e. The highest BCUT2D eigenvalue weighted by Gasteiger charge is 2.48. The number of benzene rings is 1. The lowest BCUT2D eigenvalue weighted by atomic mass is 9.58. The molecule has 1 aliphatic rings. The van der Waals surface area contributed by atoms with Crippen molar-refractivity contribution < 1.29 is 22.8 Å². The highest BCUT2D eigenvalue weighted by Crippen LogP contribution is 2.52. The molecule has 3 aromatic rings. The zero-order valence-electron chi connectivity index (χ0n) is 24.3. The van der Waals surface area contributed by atoms with E-state index in [1.54, 1.807) is 12.4 Å². The Kier molecular flexibility index (Phi) is 8.90. The monoisotopic (exact) mass is 587 g/mol. The number of carbonyl (C=O) groups excluding carboxylic acids is 2. The summed E-state index contributed by atoms with van der Waals surface area (Å²) in [6.07, 6.45) is -0.418. The highest BCUT2D eigenvalue weighted by molar-refractivity contribution is 6.04. The van der Waals surface area contributed by atoms with Crippen molar-refractivity contribution in [1.82, 2.24) is 24.6 Å². The molecule has 4 rings (SSSR count). The van der Waals surface area contributed by atoms with Crippen molar-refractivity contribution in [3.63, 3.8) is 0 Å². The molecule has 1 aliphatic carbocycles. The fourth-order valence-electron chi connectivity index (χ4n) is 5.62. The van der Waals surface area contributed by atoms with Gasteiger partial charge in [-0.2, -0.15) is 13.2 Å². The molecular formula is C29H36F3N7O3. The third-order valence-corrected chi connectivity index (χ3v) is 7.22. The molecule has 3 N–H and O–H groups in total. The molecule has 0 spiro atoms. The minimum absolute atomic E-state index is 0.178. The molecule has 1 saturated carbocycles. The van der Waals surface area contributed by atoms with E-state index in [4.69, 9.17) is 0 Å². The maximum Gasteiger partial charge on any atom is 0.406 e. The molecule has 0 radical (unpaired) electrons. The van der Waals surface area contributed by atoms with E-state index in [0.29, 0.717) is 34.2 Å². The number of alkyl halides is 3. The van der Waals surface area contributed by atoms with Crippen LogP contribution >= 0.6 is 0 Å². The van der Waals surface area contributed by atoms with Crippen LogP contribution in [-0.4, -0.2) is 43.9 Å². The Bertz CT molecular complexity index is 1520. The first-order valence-corrected chi connectivity index (χ1v) is 13.8. The van der Waals surface area contributed by atoms with E-state index in [2.05, 4.69) is 33.1 Å². The zero-order chi connectivity index (χ0) is 30.8. The molecule has 42 heavy (non-hydrogen) atoms. The molecule has 1 aromatic carbocycles. The van der Waals surface area contributed by atoms with Gasteiger partial charge in [-0.3, -0.25) is 14.4 Å².